The molecule has 2 aromatic carbocycles. The van der Waals surface area contributed by atoms with Gasteiger partial charge < -0.3 is 29.0 Å². The Balaban J connectivity index is 0.824. The van der Waals surface area contributed by atoms with E-state index in [2.05, 4.69) is 25.3 Å². The van der Waals surface area contributed by atoms with E-state index in [9.17, 15) is 23.2 Å². The van der Waals surface area contributed by atoms with Crippen molar-refractivity contribution < 1.29 is 46.0 Å². The molecule has 0 bridgehead atoms. The molecule has 356 valence electrons. The molecule has 16 nitrogen and oxygen atoms in total. The molecule has 68 heavy (non-hydrogen) atoms. The molecule has 0 saturated carbocycles. The highest BCUT2D eigenvalue weighted by Crippen LogP contribution is 2.36. The largest absolute Gasteiger partial charge is 0.473 e. The monoisotopic (exact) mass is 940 g/mol. The number of aryl methyl sites for hydroxylation is 2. The Kier molecular flexibility index (Phi) is 12.6. The van der Waals surface area contributed by atoms with E-state index in [1.165, 1.54) is 32.5 Å². The van der Waals surface area contributed by atoms with Gasteiger partial charge in [-0.1, -0.05) is 0 Å². The summed E-state index contributed by atoms with van der Waals surface area (Å²) in [7, 11) is 0. The van der Waals surface area contributed by atoms with Crippen LogP contribution in [0.2, 0.25) is 0 Å². The highest BCUT2D eigenvalue weighted by Gasteiger charge is 2.43. The van der Waals surface area contributed by atoms with E-state index in [0.29, 0.717) is 37.3 Å². The van der Waals surface area contributed by atoms with Crippen molar-refractivity contribution in [3.8, 4) is 34.8 Å². The number of benzene rings is 2. The summed E-state index contributed by atoms with van der Waals surface area (Å²) in [6.07, 6.45) is 3.87. The first kappa shape index (κ1) is 47.0. The lowest BCUT2D eigenvalue weighted by Gasteiger charge is -2.32. The number of carbonyl (C=O) groups is 1. The Labute approximate surface area is 387 Å². The standard InChI is InChI=1S/C48H48F4N8O8/c1-27-10-12-31(21-53-27)66-41-33(49)15-28(16-34(41)50)23-64-38-19-37-57-48(7,26-58(37)43(61)55-38)14-8-9-30-11-13-32(22-54-30)67-42-35(51)17-29(18-36(42)52)24-65-39-20-40-59(44(62)56-39)25-47(5,6)60(40)45(63)68-46(2,3)4/h10-13,15-22,57H,8-9,14,23-26H2,1-7H3. The van der Waals surface area contributed by atoms with Crippen LogP contribution in [-0.2, 0) is 37.5 Å². The molecule has 1 atom stereocenters. The number of fused-ring (bicyclic) bond motifs is 2. The predicted molar refractivity (Wildman–Crippen MR) is 239 cm³/mol. The Morgan fingerprint density at radius 3 is 1.81 bits per heavy atom. The van der Waals surface area contributed by atoms with Crippen LogP contribution in [0.4, 0.5) is 34.0 Å². The minimum Gasteiger partial charge on any atom is -0.473 e. The molecule has 0 spiro atoms. The highest BCUT2D eigenvalue weighted by atomic mass is 19.1. The van der Waals surface area contributed by atoms with Crippen molar-refractivity contribution in [1.82, 2.24) is 29.1 Å². The fraction of sp³-hybridized carbons (Fsp3) is 0.354. The maximum atomic E-state index is 15.3. The Bertz CT molecular complexity index is 2970. The van der Waals surface area contributed by atoms with Gasteiger partial charge >= 0.3 is 17.5 Å². The summed E-state index contributed by atoms with van der Waals surface area (Å²) < 4.78 is 90.9. The second-order valence-electron chi connectivity index (χ2n) is 18.5. The van der Waals surface area contributed by atoms with Crippen LogP contribution in [0, 0.1) is 30.2 Å². The average Bonchev–Trinajstić information content (AvgIpc) is 3.75. The van der Waals surface area contributed by atoms with E-state index in [0.717, 1.165) is 30.0 Å². The number of nitrogens with zero attached hydrogens (tertiary/aromatic N) is 7. The molecule has 0 fully saturated rings. The average molecular weight is 941 g/mol. The minimum atomic E-state index is -1.00. The Morgan fingerprint density at radius 1 is 0.735 bits per heavy atom. The second-order valence-corrected chi connectivity index (χ2v) is 18.5. The molecule has 4 aromatic heterocycles. The smallest absolute Gasteiger partial charge is 0.416 e. The van der Waals surface area contributed by atoms with E-state index in [-0.39, 0.29) is 60.0 Å². The second kappa shape index (κ2) is 18.3. The van der Waals surface area contributed by atoms with Crippen molar-refractivity contribution >= 4 is 17.7 Å². The first-order valence-electron chi connectivity index (χ1n) is 21.6. The maximum Gasteiger partial charge on any atom is 0.416 e. The molecule has 0 saturated heterocycles. The summed E-state index contributed by atoms with van der Waals surface area (Å²) in [5, 5.41) is 3.37. The molecular formula is C48H48F4N8O8. The van der Waals surface area contributed by atoms with E-state index < -0.39 is 68.9 Å². The van der Waals surface area contributed by atoms with E-state index in [1.807, 2.05) is 6.92 Å². The molecule has 8 rings (SSSR count). The molecule has 1 amide bonds. The van der Waals surface area contributed by atoms with Crippen LogP contribution in [-0.4, -0.2) is 51.8 Å². The highest BCUT2D eigenvalue weighted by molar-refractivity contribution is 5.89. The van der Waals surface area contributed by atoms with E-state index >= 15 is 8.78 Å². The van der Waals surface area contributed by atoms with Crippen LogP contribution in [0.25, 0.3) is 0 Å². The first-order chi connectivity index (χ1) is 32.1. The number of pyridine rings is 2. The van der Waals surface area contributed by atoms with Crippen LogP contribution < -0.4 is 40.5 Å². The van der Waals surface area contributed by atoms with Gasteiger partial charge in [0, 0.05) is 23.5 Å². The number of nitrogens with one attached hydrogen (secondary N) is 1. The molecule has 0 radical (unpaired) electrons. The lowest BCUT2D eigenvalue weighted by atomic mass is 9.95. The number of hydrogen-bond donors (Lipinski definition) is 1. The number of amides is 1. The summed E-state index contributed by atoms with van der Waals surface area (Å²) in [5.41, 5.74) is -1.70. The Morgan fingerprint density at radius 2 is 1.28 bits per heavy atom. The fourth-order valence-electron chi connectivity index (χ4n) is 7.88. The van der Waals surface area contributed by atoms with Crippen molar-refractivity contribution in [2.24, 2.45) is 0 Å². The summed E-state index contributed by atoms with van der Waals surface area (Å²) in [6, 6.07) is 13.6. The number of anilines is 2. The zero-order valence-electron chi connectivity index (χ0n) is 38.3. The van der Waals surface area contributed by atoms with Crippen LogP contribution in [0.1, 0.15) is 76.9 Å². The predicted octanol–water partition coefficient (Wildman–Crippen LogP) is 8.94. The van der Waals surface area contributed by atoms with Crippen LogP contribution >= 0.6 is 0 Å². The van der Waals surface area contributed by atoms with Crippen LogP contribution in [0.15, 0.2) is 82.6 Å². The summed E-state index contributed by atoms with van der Waals surface area (Å²) in [5.74, 6) is -4.32. The van der Waals surface area contributed by atoms with Crippen LogP contribution in [0.3, 0.4) is 0 Å². The quantitative estimate of drug-likeness (QED) is 0.103. The summed E-state index contributed by atoms with van der Waals surface area (Å²) in [4.78, 5) is 56.8. The van der Waals surface area contributed by atoms with Gasteiger partial charge in [-0.15, -0.1) is 0 Å². The number of hydrogen-bond acceptors (Lipinski definition) is 13. The zero-order valence-corrected chi connectivity index (χ0v) is 38.3. The Hall–Kier alpha value is -7.51. The van der Waals surface area contributed by atoms with Gasteiger partial charge in [-0.3, -0.25) is 24.0 Å². The third-order valence-corrected chi connectivity index (χ3v) is 11.0. The van der Waals surface area contributed by atoms with Gasteiger partial charge in [-0.25, -0.2) is 31.9 Å². The van der Waals surface area contributed by atoms with Gasteiger partial charge in [0.05, 0.1) is 36.6 Å². The molecule has 20 heteroatoms. The number of carbonyl (C=O) groups excluding carboxylic acids is 1. The first-order valence-corrected chi connectivity index (χ1v) is 21.6. The number of aromatic nitrogens is 6. The summed E-state index contributed by atoms with van der Waals surface area (Å²) in [6.45, 7) is 12.4. The molecule has 0 aliphatic carbocycles. The molecule has 2 aliphatic heterocycles. The van der Waals surface area contributed by atoms with E-state index in [4.69, 9.17) is 23.7 Å². The molecule has 1 unspecified atom stereocenters. The summed E-state index contributed by atoms with van der Waals surface area (Å²) >= 11 is 0. The van der Waals surface area contributed by atoms with Gasteiger partial charge in [-0.2, -0.15) is 9.97 Å². The van der Waals surface area contributed by atoms with Crippen molar-refractivity contribution in [2.45, 2.75) is 111 Å². The van der Waals surface area contributed by atoms with Crippen molar-refractivity contribution in [3.05, 3.63) is 140 Å². The van der Waals surface area contributed by atoms with Crippen molar-refractivity contribution in [1.29, 1.82) is 0 Å². The lowest BCUT2D eigenvalue weighted by Crippen LogP contribution is -2.47. The minimum absolute atomic E-state index is 0.0247. The topological polar surface area (TPSA) is 174 Å². The molecule has 6 aromatic rings. The molecule has 2 aliphatic rings. The maximum absolute atomic E-state index is 15.3. The third-order valence-electron chi connectivity index (χ3n) is 11.0. The lowest BCUT2D eigenvalue weighted by molar-refractivity contribution is 0.0551. The van der Waals surface area contributed by atoms with Gasteiger partial charge in [0.15, 0.2) is 34.8 Å². The van der Waals surface area contributed by atoms with Gasteiger partial charge in [0.1, 0.15) is 41.9 Å². The SMILES string of the molecule is Cc1ccc(Oc2c(F)cc(COc3cc4n(c(=O)n3)CC(C)(CCCc3ccc(Oc5c(F)cc(COc6cc7n(c(=O)n6)CC(C)(C)N7C(=O)OC(C)(C)C)cc5F)cn3)N4)cc2F)cn1. The molecular weight excluding hydrogens is 893 g/mol. The fourth-order valence-corrected chi connectivity index (χ4v) is 7.88. The van der Waals surface area contributed by atoms with E-state index in [1.54, 1.807) is 71.9 Å². The third kappa shape index (κ3) is 10.5. The van der Waals surface area contributed by atoms with Gasteiger partial charge in [-0.05, 0) is 127 Å². The number of halogens is 4. The normalized spacial score (nSPS) is 15.9. The molecule has 6 heterocycles. The van der Waals surface area contributed by atoms with Crippen LogP contribution in [0.5, 0.6) is 34.8 Å². The molecule has 1 N–H and O–H groups in total. The van der Waals surface area contributed by atoms with Gasteiger partial charge in [0.25, 0.3) is 0 Å². The zero-order chi connectivity index (χ0) is 48.7. The number of rotatable bonds is 14. The van der Waals surface area contributed by atoms with Gasteiger partial charge in [0.2, 0.25) is 11.8 Å². The van der Waals surface area contributed by atoms with Crippen molar-refractivity contribution in [2.75, 3.05) is 10.2 Å². The van der Waals surface area contributed by atoms with Crippen molar-refractivity contribution in [3.63, 3.8) is 0 Å². The number of ether oxygens (including phenoxy) is 5.